The summed E-state index contributed by atoms with van der Waals surface area (Å²) in [6.07, 6.45) is 5.91. The Balaban J connectivity index is 2.37. The minimum Gasteiger partial charge on any atom is -0.308 e. The van der Waals surface area contributed by atoms with Crippen molar-refractivity contribution in [2.75, 3.05) is 0 Å². The standard InChI is InChI=1S/C17H24ClN3/c1-5-6-16-19-9-10-21(16)15-11-14(18)8-7-13(15)12-20-17(2,3)4/h7-11,20H,5-6,12H2,1-4H3. The molecule has 1 N–H and O–H groups in total. The monoisotopic (exact) mass is 305 g/mol. The summed E-state index contributed by atoms with van der Waals surface area (Å²) >= 11 is 6.20. The Morgan fingerprint density at radius 2 is 2.05 bits per heavy atom. The molecule has 0 bridgehead atoms. The van der Waals surface area contributed by atoms with Gasteiger partial charge in [0.25, 0.3) is 0 Å². The van der Waals surface area contributed by atoms with E-state index in [-0.39, 0.29) is 5.54 Å². The number of benzene rings is 1. The van der Waals surface area contributed by atoms with E-state index in [1.54, 1.807) is 0 Å². The highest BCUT2D eigenvalue weighted by Crippen LogP contribution is 2.22. The van der Waals surface area contributed by atoms with E-state index in [0.29, 0.717) is 0 Å². The molecule has 0 radical (unpaired) electrons. The Labute approximate surface area is 132 Å². The molecule has 0 saturated heterocycles. The summed E-state index contributed by atoms with van der Waals surface area (Å²) in [7, 11) is 0. The topological polar surface area (TPSA) is 29.9 Å². The van der Waals surface area contributed by atoms with Crippen molar-refractivity contribution in [2.45, 2.75) is 52.6 Å². The van der Waals surface area contributed by atoms with E-state index in [1.807, 2.05) is 24.5 Å². The van der Waals surface area contributed by atoms with Crippen LogP contribution < -0.4 is 5.32 Å². The number of nitrogens with one attached hydrogen (secondary N) is 1. The Hall–Kier alpha value is -1.32. The molecule has 3 nitrogen and oxygen atoms in total. The number of aryl methyl sites for hydroxylation is 1. The predicted octanol–water partition coefficient (Wildman–Crippen LogP) is 4.37. The smallest absolute Gasteiger partial charge is 0.113 e. The lowest BCUT2D eigenvalue weighted by Crippen LogP contribution is -2.35. The van der Waals surface area contributed by atoms with Crippen molar-refractivity contribution in [3.63, 3.8) is 0 Å². The van der Waals surface area contributed by atoms with Gasteiger partial charge in [-0.1, -0.05) is 24.6 Å². The fourth-order valence-corrected chi connectivity index (χ4v) is 2.40. The van der Waals surface area contributed by atoms with Crippen LogP contribution in [0.5, 0.6) is 0 Å². The van der Waals surface area contributed by atoms with Gasteiger partial charge in [-0.15, -0.1) is 0 Å². The fourth-order valence-electron chi connectivity index (χ4n) is 2.23. The van der Waals surface area contributed by atoms with E-state index in [9.17, 15) is 0 Å². The van der Waals surface area contributed by atoms with Crippen LogP contribution >= 0.6 is 11.6 Å². The van der Waals surface area contributed by atoms with E-state index in [4.69, 9.17) is 11.6 Å². The average molecular weight is 306 g/mol. The van der Waals surface area contributed by atoms with Crippen molar-refractivity contribution in [2.24, 2.45) is 0 Å². The first-order valence-electron chi connectivity index (χ1n) is 7.47. The molecule has 114 valence electrons. The molecule has 0 spiro atoms. The van der Waals surface area contributed by atoms with Crippen molar-refractivity contribution in [1.29, 1.82) is 0 Å². The Morgan fingerprint density at radius 1 is 1.29 bits per heavy atom. The van der Waals surface area contributed by atoms with Gasteiger partial charge in [-0.25, -0.2) is 4.98 Å². The molecule has 2 rings (SSSR count). The van der Waals surface area contributed by atoms with Gasteiger partial charge in [0, 0.05) is 35.9 Å². The lowest BCUT2D eigenvalue weighted by Gasteiger charge is -2.22. The first-order valence-corrected chi connectivity index (χ1v) is 7.84. The van der Waals surface area contributed by atoms with Crippen molar-refractivity contribution in [3.8, 4) is 5.69 Å². The first-order chi connectivity index (χ1) is 9.90. The first kappa shape index (κ1) is 16.1. The lowest BCUT2D eigenvalue weighted by molar-refractivity contribution is 0.424. The zero-order valence-electron chi connectivity index (χ0n) is 13.3. The molecule has 0 aliphatic rings. The minimum absolute atomic E-state index is 0.0814. The van der Waals surface area contributed by atoms with Crippen molar-refractivity contribution in [3.05, 3.63) is 47.0 Å². The van der Waals surface area contributed by atoms with Gasteiger partial charge in [0.2, 0.25) is 0 Å². The van der Waals surface area contributed by atoms with Crippen molar-refractivity contribution >= 4 is 11.6 Å². The Morgan fingerprint density at radius 3 is 2.71 bits per heavy atom. The molecule has 1 aromatic heterocycles. The maximum Gasteiger partial charge on any atom is 0.113 e. The molecule has 0 atom stereocenters. The van der Waals surface area contributed by atoms with Crippen LogP contribution in [0.15, 0.2) is 30.6 Å². The van der Waals surface area contributed by atoms with Crippen LogP contribution in [0.3, 0.4) is 0 Å². The number of imidazole rings is 1. The van der Waals surface area contributed by atoms with Gasteiger partial charge < -0.3 is 9.88 Å². The molecule has 0 aliphatic heterocycles. The number of hydrogen-bond donors (Lipinski definition) is 1. The SMILES string of the molecule is CCCc1nccn1-c1cc(Cl)ccc1CNC(C)(C)C. The molecular weight excluding hydrogens is 282 g/mol. The van der Waals surface area contributed by atoms with Gasteiger partial charge in [0.05, 0.1) is 5.69 Å². The van der Waals surface area contributed by atoms with E-state index in [0.717, 1.165) is 35.9 Å². The average Bonchev–Trinajstić information content (AvgIpc) is 2.85. The van der Waals surface area contributed by atoms with E-state index >= 15 is 0 Å². The highest BCUT2D eigenvalue weighted by molar-refractivity contribution is 6.30. The Kier molecular flexibility index (Phi) is 5.07. The summed E-state index contributed by atoms with van der Waals surface area (Å²) in [6, 6.07) is 6.05. The van der Waals surface area contributed by atoms with E-state index < -0.39 is 0 Å². The molecule has 0 unspecified atom stereocenters. The fraction of sp³-hybridized carbons (Fsp3) is 0.471. The highest BCUT2D eigenvalue weighted by Gasteiger charge is 2.13. The zero-order valence-corrected chi connectivity index (χ0v) is 14.0. The maximum absolute atomic E-state index is 6.20. The summed E-state index contributed by atoms with van der Waals surface area (Å²) in [4.78, 5) is 4.46. The van der Waals surface area contributed by atoms with Crippen molar-refractivity contribution in [1.82, 2.24) is 14.9 Å². The predicted molar refractivity (Wildman–Crippen MR) is 89.2 cm³/mol. The van der Waals surface area contributed by atoms with Crippen LogP contribution in [0.4, 0.5) is 0 Å². The molecule has 1 aromatic carbocycles. The second-order valence-corrected chi connectivity index (χ2v) is 6.78. The van der Waals surface area contributed by atoms with Gasteiger partial charge in [-0.3, -0.25) is 0 Å². The third-order valence-corrected chi connectivity index (χ3v) is 3.54. The molecule has 0 fully saturated rings. The van der Waals surface area contributed by atoms with Crippen LogP contribution in [-0.2, 0) is 13.0 Å². The largest absolute Gasteiger partial charge is 0.308 e. The minimum atomic E-state index is 0.0814. The Bertz CT molecular complexity index is 596. The summed E-state index contributed by atoms with van der Waals surface area (Å²) in [5, 5.41) is 4.29. The van der Waals surface area contributed by atoms with E-state index in [1.165, 1.54) is 5.56 Å². The summed E-state index contributed by atoms with van der Waals surface area (Å²) in [6.45, 7) is 9.48. The summed E-state index contributed by atoms with van der Waals surface area (Å²) in [5.74, 6) is 1.08. The second kappa shape index (κ2) is 6.63. The highest BCUT2D eigenvalue weighted by atomic mass is 35.5. The molecule has 4 heteroatoms. The maximum atomic E-state index is 6.20. The lowest BCUT2D eigenvalue weighted by atomic mass is 10.1. The quantitative estimate of drug-likeness (QED) is 0.889. The van der Waals surface area contributed by atoms with Crippen LogP contribution in [0.2, 0.25) is 5.02 Å². The van der Waals surface area contributed by atoms with Crippen LogP contribution in [0.25, 0.3) is 5.69 Å². The van der Waals surface area contributed by atoms with Gasteiger partial charge >= 0.3 is 0 Å². The molecule has 0 saturated carbocycles. The summed E-state index contributed by atoms with van der Waals surface area (Å²) in [5.41, 5.74) is 2.42. The van der Waals surface area contributed by atoms with Gasteiger partial charge in [-0.2, -0.15) is 0 Å². The third-order valence-electron chi connectivity index (χ3n) is 3.31. The van der Waals surface area contributed by atoms with E-state index in [2.05, 4.69) is 48.6 Å². The number of halogens is 1. The van der Waals surface area contributed by atoms with Crippen LogP contribution in [0, 0.1) is 0 Å². The normalized spacial score (nSPS) is 11.9. The zero-order chi connectivity index (χ0) is 15.5. The molecule has 21 heavy (non-hydrogen) atoms. The number of nitrogens with zero attached hydrogens (tertiary/aromatic N) is 2. The van der Waals surface area contributed by atoms with Gasteiger partial charge in [0.1, 0.15) is 5.82 Å². The number of aromatic nitrogens is 2. The molecule has 2 aromatic rings. The number of rotatable bonds is 5. The second-order valence-electron chi connectivity index (χ2n) is 6.34. The molecule has 0 amide bonds. The van der Waals surface area contributed by atoms with Gasteiger partial charge in [0.15, 0.2) is 0 Å². The summed E-state index contributed by atoms with van der Waals surface area (Å²) < 4.78 is 2.15. The number of hydrogen-bond acceptors (Lipinski definition) is 2. The molecular formula is C17H24ClN3. The third kappa shape index (κ3) is 4.32. The van der Waals surface area contributed by atoms with Gasteiger partial charge in [-0.05, 0) is 44.9 Å². The molecule has 0 aliphatic carbocycles. The van der Waals surface area contributed by atoms with Crippen LogP contribution in [0.1, 0.15) is 45.5 Å². The van der Waals surface area contributed by atoms with Crippen LogP contribution in [-0.4, -0.2) is 15.1 Å². The molecule has 1 heterocycles. The van der Waals surface area contributed by atoms with Crippen molar-refractivity contribution < 1.29 is 0 Å².